The Kier molecular flexibility index (Phi) is 4.51. The highest BCUT2D eigenvalue weighted by Gasteiger charge is 1.99. The maximum atomic E-state index is 5.08. The molecule has 0 saturated heterocycles. The lowest BCUT2D eigenvalue weighted by molar-refractivity contribution is 0.795. The van der Waals surface area contributed by atoms with E-state index in [1.165, 1.54) is 35.3 Å². The van der Waals surface area contributed by atoms with Gasteiger partial charge in [-0.2, -0.15) is 0 Å². The molecule has 0 atom stereocenters. The van der Waals surface area contributed by atoms with Crippen molar-refractivity contribution in [3.8, 4) is 0 Å². The lowest BCUT2D eigenvalue weighted by atomic mass is 10.0. The molecule has 1 aromatic heterocycles. The monoisotopic (exact) mass is 263 g/mol. The number of nitrogens with one attached hydrogen (secondary N) is 1. The average Bonchev–Trinajstić information content (AvgIpc) is 2.74. The zero-order chi connectivity index (χ0) is 12.1. The summed E-state index contributed by atoms with van der Waals surface area (Å²) in [6.07, 6.45) is 6.72. The van der Waals surface area contributed by atoms with Gasteiger partial charge in [-0.15, -0.1) is 11.3 Å². The molecule has 0 radical (unpaired) electrons. The van der Waals surface area contributed by atoms with Gasteiger partial charge >= 0.3 is 0 Å². The molecule has 1 nitrogen and oxygen atoms in total. The molecule has 0 bridgehead atoms. The van der Waals surface area contributed by atoms with Crippen molar-refractivity contribution in [3.63, 3.8) is 0 Å². The van der Waals surface area contributed by atoms with E-state index < -0.39 is 0 Å². The van der Waals surface area contributed by atoms with E-state index >= 15 is 0 Å². The van der Waals surface area contributed by atoms with E-state index in [1.807, 2.05) is 6.20 Å². The van der Waals surface area contributed by atoms with Gasteiger partial charge in [0.15, 0.2) is 3.95 Å². The molecule has 2 rings (SSSR count). The molecule has 0 aliphatic carbocycles. The minimum atomic E-state index is 0.861. The fourth-order valence-electron chi connectivity index (χ4n) is 1.81. The fourth-order valence-corrected chi connectivity index (χ4v) is 2.90. The Bertz CT molecular complexity index is 508. The van der Waals surface area contributed by atoms with E-state index in [-0.39, 0.29) is 0 Å². The van der Waals surface area contributed by atoms with Gasteiger partial charge in [0, 0.05) is 17.5 Å². The fraction of sp³-hybridized carbons (Fsp3) is 0.357. The van der Waals surface area contributed by atoms with Crippen LogP contribution in [0, 0.1) is 3.95 Å². The van der Waals surface area contributed by atoms with Crippen molar-refractivity contribution in [2.45, 2.75) is 32.6 Å². The van der Waals surface area contributed by atoms with Crippen molar-refractivity contribution in [3.05, 3.63) is 50.4 Å². The van der Waals surface area contributed by atoms with Crippen LogP contribution in [-0.4, -0.2) is 4.98 Å². The Morgan fingerprint density at radius 2 is 1.88 bits per heavy atom. The highest BCUT2D eigenvalue weighted by Crippen LogP contribution is 2.15. The molecule has 0 spiro atoms. The summed E-state index contributed by atoms with van der Waals surface area (Å²) >= 11 is 6.74. The Balaban J connectivity index is 2.00. The number of H-pyrrole nitrogens is 1. The molecular weight excluding hydrogens is 246 g/mol. The van der Waals surface area contributed by atoms with Gasteiger partial charge in [0.05, 0.1) is 0 Å². The van der Waals surface area contributed by atoms with Crippen LogP contribution in [0.1, 0.15) is 35.8 Å². The van der Waals surface area contributed by atoms with Gasteiger partial charge in [-0.1, -0.05) is 37.6 Å². The predicted octanol–water partition coefficient (Wildman–Crippen LogP) is 4.74. The van der Waals surface area contributed by atoms with Crippen LogP contribution in [0.5, 0.6) is 0 Å². The van der Waals surface area contributed by atoms with E-state index in [4.69, 9.17) is 12.2 Å². The second-order valence-corrected chi connectivity index (χ2v) is 6.04. The zero-order valence-corrected chi connectivity index (χ0v) is 11.7. The minimum absolute atomic E-state index is 0.861. The first-order valence-corrected chi connectivity index (χ1v) is 7.25. The van der Waals surface area contributed by atoms with Gasteiger partial charge in [-0.3, -0.25) is 0 Å². The second kappa shape index (κ2) is 6.12. The zero-order valence-electron chi connectivity index (χ0n) is 10.0. The third kappa shape index (κ3) is 3.79. The van der Waals surface area contributed by atoms with Crippen molar-refractivity contribution in [2.75, 3.05) is 0 Å². The molecule has 0 aliphatic heterocycles. The third-order valence-corrected chi connectivity index (χ3v) is 3.99. The summed E-state index contributed by atoms with van der Waals surface area (Å²) in [5, 5.41) is 0. The maximum Gasteiger partial charge on any atom is 0.158 e. The number of unbranched alkanes of at least 4 members (excludes halogenated alkanes) is 1. The summed E-state index contributed by atoms with van der Waals surface area (Å²) in [4.78, 5) is 4.36. The van der Waals surface area contributed by atoms with Crippen LogP contribution in [0.4, 0.5) is 0 Å². The van der Waals surface area contributed by atoms with Gasteiger partial charge in [-0.25, -0.2) is 0 Å². The van der Waals surface area contributed by atoms with Crippen LogP contribution in [0.25, 0.3) is 0 Å². The molecule has 0 amide bonds. The smallest absolute Gasteiger partial charge is 0.158 e. The predicted molar refractivity (Wildman–Crippen MR) is 77.4 cm³/mol. The standard InChI is InChI=1S/C14H17NS2/c1-2-3-4-11-5-7-12(8-6-11)9-13-10-15-14(16)17-13/h5-8,10H,2-4,9H2,1H3,(H,15,16). The SMILES string of the molecule is CCCCc1ccc(Cc2c[nH]c(=S)s2)cc1. The largest absolute Gasteiger partial charge is 0.343 e. The first-order valence-electron chi connectivity index (χ1n) is 6.03. The summed E-state index contributed by atoms with van der Waals surface area (Å²) in [5.41, 5.74) is 2.80. The van der Waals surface area contributed by atoms with Crippen molar-refractivity contribution >= 4 is 23.6 Å². The molecule has 1 aromatic carbocycles. The topological polar surface area (TPSA) is 15.8 Å². The van der Waals surface area contributed by atoms with Crippen LogP contribution >= 0.6 is 23.6 Å². The number of thiazole rings is 1. The molecule has 0 saturated carbocycles. The van der Waals surface area contributed by atoms with Crippen molar-refractivity contribution in [1.29, 1.82) is 0 Å². The van der Waals surface area contributed by atoms with Gasteiger partial charge in [0.1, 0.15) is 0 Å². The molecule has 2 aromatic rings. The van der Waals surface area contributed by atoms with Gasteiger partial charge in [0.25, 0.3) is 0 Å². The Morgan fingerprint density at radius 1 is 1.18 bits per heavy atom. The van der Waals surface area contributed by atoms with Crippen molar-refractivity contribution in [2.24, 2.45) is 0 Å². The van der Waals surface area contributed by atoms with Crippen LogP contribution in [0.15, 0.2) is 30.5 Å². The maximum absolute atomic E-state index is 5.08. The van der Waals surface area contributed by atoms with Crippen LogP contribution in [0.2, 0.25) is 0 Å². The number of benzene rings is 1. The number of hydrogen-bond donors (Lipinski definition) is 1. The van der Waals surface area contributed by atoms with Gasteiger partial charge < -0.3 is 4.98 Å². The van der Waals surface area contributed by atoms with Crippen molar-refractivity contribution in [1.82, 2.24) is 4.98 Å². The van der Waals surface area contributed by atoms with Crippen LogP contribution in [0.3, 0.4) is 0 Å². The molecule has 0 fully saturated rings. The number of aromatic nitrogens is 1. The van der Waals surface area contributed by atoms with Crippen LogP contribution in [-0.2, 0) is 12.8 Å². The average molecular weight is 263 g/mol. The summed E-state index contributed by atoms with van der Waals surface area (Å²) in [5.74, 6) is 0. The van der Waals surface area contributed by atoms with Crippen LogP contribution < -0.4 is 0 Å². The molecule has 3 heteroatoms. The molecule has 17 heavy (non-hydrogen) atoms. The highest BCUT2D eigenvalue weighted by molar-refractivity contribution is 7.73. The number of aryl methyl sites for hydroxylation is 1. The lowest BCUT2D eigenvalue weighted by Gasteiger charge is -2.02. The third-order valence-electron chi connectivity index (χ3n) is 2.80. The van der Waals surface area contributed by atoms with E-state index in [0.29, 0.717) is 0 Å². The number of rotatable bonds is 5. The molecule has 1 heterocycles. The molecule has 90 valence electrons. The van der Waals surface area contributed by atoms with Gasteiger partial charge in [-0.05, 0) is 36.2 Å². The molecule has 0 aliphatic rings. The van der Waals surface area contributed by atoms with E-state index in [9.17, 15) is 0 Å². The first kappa shape index (κ1) is 12.5. The second-order valence-electron chi connectivity index (χ2n) is 4.24. The van der Waals surface area contributed by atoms with Gasteiger partial charge in [0.2, 0.25) is 0 Å². The quantitative estimate of drug-likeness (QED) is 0.770. The molecule has 0 unspecified atom stereocenters. The number of hydrogen-bond acceptors (Lipinski definition) is 2. The summed E-state index contributed by atoms with van der Waals surface area (Å²) < 4.78 is 0.861. The van der Waals surface area contributed by atoms with Crippen molar-refractivity contribution < 1.29 is 0 Å². The number of aromatic amines is 1. The van der Waals surface area contributed by atoms with E-state index in [0.717, 1.165) is 10.4 Å². The Hall–Kier alpha value is -0.930. The lowest BCUT2D eigenvalue weighted by Crippen LogP contribution is -1.88. The minimum Gasteiger partial charge on any atom is -0.343 e. The molecule has 1 N–H and O–H groups in total. The normalized spacial score (nSPS) is 10.6. The summed E-state index contributed by atoms with van der Waals surface area (Å²) in [6.45, 7) is 2.23. The Morgan fingerprint density at radius 3 is 2.47 bits per heavy atom. The first-order chi connectivity index (χ1) is 8.28. The highest BCUT2D eigenvalue weighted by atomic mass is 32.1. The summed E-state index contributed by atoms with van der Waals surface area (Å²) in [7, 11) is 0. The van der Waals surface area contributed by atoms with E-state index in [2.05, 4.69) is 36.2 Å². The van der Waals surface area contributed by atoms with E-state index in [1.54, 1.807) is 11.3 Å². The molecular formula is C14H17NS2. The summed E-state index contributed by atoms with van der Waals surface area (Å²) in [6, 6.07) is 8.95. The Labute approximate surface area is 112 Å².